The lowest BCUT2D eigenvalue weighted by Gasteiger charge is -2.11. The highest BCUT2D eigenvalue weighted by molar-refractivity contribution is 7.10. The lowest BCUT2D eigenvalue weighted by molar-refractivity contribution is -0.116. The van der Waals surface area contributed by atoms with Crippen molar-refractivity contribution in [2.75, 3.05) is 0 Å². The van der Waals surface area contributed by atoms with Gasteiger partial charge in [-0.2, -0.15) is 5.10 Å². The first-order valence-corrected chi connectivity index (χ1v) is 10.3. The first-order valence-electron chi connectivity index (χ1n) is 9.42. The molecule has 5 heteroatoms. The fraction of sp³-hybridized carbons (Fsp3) is 0.0833. The average molecular weight is 400 g/mol. The van der Waals surface area contributed by atoms with Crippen LogP contribution in [0.3, 0.4) is 0 Å². The number of carbonyl (C=O) groups is 1. The van der Waals surface area contributed by atoms with Crippen LogP contribution in [0.4, 0.5) is 0 Å². The van der Waals surface area contributed by atoms with Crippen molar-refractivity contribution in [2.24, 2.45) is 0 Å². The molecule has 29 heavy (non-hydrogen) atoms. The monoisotopic (exact) mass is 399 g/mol. The van der Waals surface area contributed by atoms with Gasteiger partial charge in [0, 0.05) is 29.9 Å². The van der Waals surface area contributed by atoms with Crippen LogP contribution in [0.25, 0.3) is 17.2 Å². The molecule has 1 N–H and O–H groups in total. The van der Waals surface area contributed by atoms with Crippen LogP contribution in [0.1, 0.15) is 16.0 Å². The number of hydrogen-bond donors (Lipinski definition) is 1. The van der Waals surface area contributed by atoms with E-state index in [2.05, 4.69) is 46.8 Å². The summed E-state index contributed by atoms with van der Waals surface area (Å²) in [6.07, 6.45) is 7.16. The standard InChI is InChI=1S/C24H21N3OS/c28-24(13-12-22-6-3-16-29-22)25-17-21-5-1-2-7-23(21)20-10-8-19(9-11-20)18-27-15-4-14-26-27/h1-16H,17-18H2,(H,25,28)/b13-12+. The van der Waals surface area contributed by atoms with Gasteiger partial charge in [-0.15, -0.1) is 11.3 Å². The molecule has 0 aliphatic rings. The van der Waals surface area contributed by atoms with Crippen molar-refractivity contribution in [2.45, 2.75) is 13.1 Å². The van der Waals surface area contributed by atoms with Crippen LogP contribution in [0.15, 0.2) is 90.6 Å². The van der Waals surface area contributed by atoms with E-state index in [4.69, 9.17) is 0 Å². The molecule has 0 unspecified atom stereocenters. The van der Waals surface area contributed by atoms with Gasteiger partial charge in [0.1, 0.15) is 0 Å². The minimum atomic E-state index is -0.0947. The largest absolute Gasteiger partial charge is 0.348 e. The fourth-order valence-corrected chi connectivity index (χ4v) is 3.73. The number of amides is 1. The molecule has 0 aliphatic heterocycles. The predicted molar refractivity (Wildman–Crippen MR) is 118 cm³/mol. The Hall–Kier alpha value is -3.44. The second-order valence-electron chi connectivity index (χ2n) is 6.62. The van der Waals surface area contributed by atoms with Crippen LogP contribution in [0, 0.1) is 0 Å². The van der Waals surface area contributed by atoms with Crippen molar-refractivity contribution < 1.29 is 4.79 Å². The van der Waals surface area contributed by atoms with Gasteiger partial charge < -0.3 is 5.32 Å². The van der Waals surface area contributed by atoms with E-state index >= 15 is 0 Å². The molecule has 144 valence electrons. The summed E-state index contributed by atoms with van der Waals surface area (Å²) in [6.45, 7) is 1.24. The van der Waals surface area contributed by atoms with Crippen molar-refractivity contribution >= 4 is 23.3 Å². The van der Waals surface area contributed by atoms with Gasteiger partial charge in [-0.25, -0.2) is 0 Å². The molecule has 1 amide bonds. The minimum Gasteiger partial charge on any atom is -0.348 e. The molecule has 4 nitrogen and oxygen atoms in total. The minimum absolute atomic E-state index is 0.0947. The maximum absolute atomic E-state index is 12.2. The first kappa shape index (κ1) is 18.9. The van der Waals surface area contributed by atoms with E-state index in [0.29, 0.717) is 6.54 Å². The number of hydrogen-bond acceptors (Lipinski definition) is 3. The third-order valence-electron chi connectivity index (χ3n) is 4.58. The molecule has 4 rings (SSSR count). The molecule has 0 aliphatic carbocycles. The molecule has 2 aromatic carbocycles. The number of benzene rings is 2. The van der Waals surface area contributed by atoms with E-state index in [9.17, 15) is 4.79 Å². The number of nitrogens with zero attached hydrogens (tertiary/aromatic N) is 2. The summed E-state index contributed by atoms with van der Waals surface area (Å²) in [7, 11) is 0. The van der Waals surface area contributed by atoms with E-state index in [1.807, 2.05) is 52.7 Å². The molecule has 0 atom stereocenters. The van der Waals surface area contributed by atoms with Gasteiger partial charge in [-0.1, -0.05) is 54.6 Å². The van der Waals surface area contributed by atoms with E-state index < -0.39 is 0 Å². The Balaban J connectivity index is 1.43. The highest BCUT2D eigenvalue weighted by Gasteiger charge is 2.06. The molecule has 0 fully saturated rings. The molecule has 2 heterocycles. The Labute approximate surface area is 174 Å². The molecular formula is C24H21N3OS. The van der Waals surface area contributed by atoms with Crippen LogP contribution >= 0.6 is 11.3 Å². The van der Waals surface area contributed by atoms with E-state index in [1.165, 1.54) is 5.56 Å². The second-order valence-corrected chi connectivity index (χ2v) is 7.60. The Morgan fingerprint density at radius 1 is 1.03 bits per heavy atom. The Morgan fingerprint density at radius 2 is 1.90 bits per heavy atom. The van der Waals surface area contributed by atoms with Crippen molar-refractivity contribution in [1.82, 2.24) is 15.1 Å². The van der Waals surface area contributed by atoms with E-state index in [-0.39, 0.29) is 5.91 Å². The molecule has 0 bridgehead atoms. The Bertz CT molecular complexity index is 1080. The number of nitrogens with one attached hydrogen (secondary N) is 1. The lowest BCUT2D eigenvalue weighted by Crippen LogP contribution is -2.20. The first-order chi connectivity index (χ1) is 14.3. The Morgan fingerprint density at radius 3 is 2.66 bits per heavy atom. The van der Waals surface area contributed by atoms with Gasteiger partial charge in [0.25, 0.3) is 0 Å². The van der Waals surface area contributed by atoms with Gasteiger partial charge in [0.2, 0.25) is 5.91 Å². The van der Waals surface area contributed by atoms with Gasteiger partial charge in [0.15, 0.2) is 0 Å². The van der Waals surface area contributed by atoms with Crippen LogP contribution in [-0.4, -0.2) is 15.7 Å². The SMILES string of the molecule is O=C(/C=C/c1cccs1)NCc1ccccc1-c1ccc(Cn2cccn2)cc1. The van der Waals surface area contributed by atoms with Crippen molar-refractivity contribution in [3.8, 4) is 11.1 Å². The predicted octanol–water partition coefficient (Wildman–Crippen LogP) is 4.99. The summed E-state index contributed by atoms with van der Waals surface area (Å²) in [4.78, 5) is 13.2. The molecule has 0 radical (unpaired) electrons. The Kier molecular flexibility index (Phi) is 5.98. The number of aromatic nitrogens is 2. The molecule has 0 saturated carbocycles. The third-order valence-corrected chi connectivity index (χ3v) is 5.42. The van der Waals surface area contributed by atoms with Crippen molar-refractivity contribution in [3.05, 3.63) is 107 Å². The zero-order chi connectivity index (χ0) is 19.9. The molecule has 2 aromatic heterocycles. The van der Waals surface area contributed by atoms with E-state index in [0.717, 1.165) is 28.1 Å². The highest BCUT2D eigenvalue weighted by atomic mass is 32.1. The summed E-state index contributed by atoms with van der Waals surface area (Å²) in [6, 6.07) is 22.5. The summed E-state index contributed by atoms with van der Waals surface area (Å²) >= 11 is 1.61. The highest BCUT2D eigenvalue weighted by Crippen LogP contribution is 2.24. The summed E-state index contributed by atoms with van der Waals surface area (Å²) in [5.41, 5.74) is 4.54. The number of carbonyl (C=O) groups excluding carboxylic acids is 1. The summed E-state index contributed by atoms with van der Waals surface area (Å²) in [5, 5.41) is 9.22. The normalized spacial score (nSPS) is 11.0. The summed E-state index contributed by atoms with van der Waals surface area (Å²) in [5.74, 6) is -0.0947. The quantitative estimate of drug-likeness (QED) is 0.445. The smallest absolute Gasteiger partial charge is 0.244 e. The zero-order valence-electron chi connectivity index (χ0n) is 15.9. The van der Waals surface area contributed by atoms with Gasteiger partial charge in [0.05, 0.1) is 6.54 Å². The lowest BCUT2D eigenvalue weighted by atomic mass is 9.98. The van der Waals surface area contributed by atoms with Gasteiger partial charge >= 0.3 is 0 Å². The third kappa shape index (κ3) is 5.09. The van der Waals surface area contributed by atoms with Crippen LogP contribution in [0.5, 0.6) is 0 Å². The molecule has 0 saturated heterocycles. The van der Waals surface area contributed by atoms with E-state index in [1.54, 1.807) is 23.6 Å². The van der Waals surface area contributed by atoms with Crippen LogP contribution in [0.2, 0.25) is 0 Å². The topological polar surface area (TPSA) is 46.9 Å². The van der Waals surface area contributed by atoms with Crippen molar-refractivity contribution in [1.29, 1.82) is 0 Å². The van der Waals surface area contributed by atoms with Crippen LogP contribution in [-0.2, 0) is 17.9 Å². The number of thiophene rings is 1. The zero-order valence-corrected chi connectivity index (χ0v) is 16.7. The van der Waals surface area contributed by atoms with Gasteiger partial charge in [-0.3, -0.25) is 9.48 Å². The van der Waals surface area contributed by atoms with Crippen LogP contribution < -0.4 is 5.32 Å². The maximum Gasteiger partial charge on any atom is 0.244 e. The molecule has 4 aromatic rings. The second kappa shape index (κ2) is 9.17. The summed E-state index contributed by atoms with van der Waals surface area (Å²) < 4.78 is 1.90. The van der Waals surface area contributed by atoms with Crippen molar-refractivity contribution in [3.63, 3.8) is 0 Å². The maximum atomic E-state index is 12.2. The average Bonchev–Trinajstić information content (AvgIpc) is 3.46. The fourth-order valence-electron chi connectivity index (χ4n) is 3.11. The molecular weight excluding hydrogens is 378 g/mol. The molecule has 0 spiro atoms. The van der Waals surface area contributed by atoms with Gasteiger partial charge in [-0.05, 0) is 45.8 Å². The number of rotatable bonds is 7.